The van der Waals surface area contributed by atoms with Gasteiger partial charge in [-0.15, -0.1) is 0 Å². The summed E-state index contributed by atoms with van der Waals surface area (Å²) in [6, 6.07) is 6.89. The van der Waals surface area contributed by atoms with Crippen LogP contribution >= 0.6 is 0 Å². The Balaban J connectivity index is 1.63. The first-order chi connectivity index (χ1) is 12.1. The number of hydrogen-bond donors (Lipinski definition) is 0. The van der Waals surface area contributed by atoms with Crippen molar-refractivity contribution < 1.29 is 13.7 Å². The maximum Gasteiger partial charge on any atom is 0.226 e. The lowest BCUT2D eigenvalue weighted by Crippen LogP contribution is -2.40. The van der Waals surface area contributed by atoms with Gasteiger partial charge in [0.15, 0.2) is 5.82 Å². The molecule has 1 aromatic heterocycles. The van der Waals surface area contributed by atoms with E-state index in [-0.39, 0.29) is 17.8 Å². The SMILES string of the molecule is CCc1nc(CN(C(C)=O)[C@@H]2CCN(Cc3ccccc3F)C2)no1. The van der Waals surface area contributed by atoms with E-state index in [1.54, 1.807) is 24.0 Å². The molecule has 1 saturated heterocycles. The van der Waals surface area contributed by atoms with Crippen molar-refractivity contribution >= 4 is 5.91 Å². The number of carbonyl (C=O) groups excluding carboxylic acids is 1. The third-order valence-corrected chi connectivity index (χ3v) is 4.57. The summed E-state index contributed by atoms with van der Waals surface area (Å²) in [6.07, 6.45) is 1.53. The van der Waals surface area contributed by atoms with Crippen LogP contribution in [0.1, 0.15) is 37.5 Å². The van der Waals surface area contributed by atoms with Crippen LogP contribution in [0.4, 0.5) is 4.39 Å². The van der Waals surface area contributed by atoms with Gasteiger partial charge in [-0.3, -0.25) is 9.69 Å². The number of carbonyl (C=O) groups is 1. The molecule has 1 aliphatic heterocycles. The zero-order chi connectivity index (χ0) is 17.8. The van der Waals surface area contributed by atoms with E-state index in [4.69, 9.17) is 4.52 Å². The second kappa shape index (κ2) is 7.74. The van der Waals surface area contributed by atoms with E-state index >= 15 is 0 Å². The van der Waals surface area contributed by atoms with Crippen molar-refractivity contribution in [3.63, 3.8) is 0 Å². The molecule has 1 amide bonds. The molecule has 0 bridgehead atoms. The molecule has 0 radical (unpaired) electrons. The molecular formula is C18H23FN4O2. The van der Waals surface area contributed by atoms with E-state index in [0.29, 0.717) is 43.3 Å². The summed E-state index contributed by atoms with van der Waals surface area (Å²) in [5.41, 5.74) is 0.684. The molecule has 0 saturated carbocycles. The van der Waals surface area contributed by atoms with E-state index in [2.05, 4.69) is 15.0 Å². The summed E-state index contributed by atoms with van der Waals surface area (Å²) in [4.78, 5) is 20.3. The van der Waals surface area contributed by atoms with E-state index in [0.717, 1.165) is 13.0 Å². The molecule has 0 spiro atoms. The number of rotatable bonds is 6. The second-order valence-corrected chi connectivity index (χ2v) is 6.37. The summed E-state index contributed by atoms with van der Waals surface area (Å²) in [5.74, 6) is 0.902. The van der Waals surface area contributed by atoms with Gasteiger partial charge in [-0.2, -0.15) is 4.98 Å². The van der Waals surface area contributed by atoms with Gasteiger partial charge in [-0.1, -0.05) is 30.3 Å². The van der Waals surface area contributed by atoms with Gasteiger partial charge in [0, 0.05) is 44.6 Å². The molecule has 0 N–H and O–H groups in total. The predicted octanol–water partition coefficient (Wildman–Crippen LogP) is 2.39. The lowest BCUT2D eigenvalue weighted by atomic mass is 10.2. The van der Waals surface area contributed by atoms with Gasteiger partial charge >= 0.3 is 0 Å². The van der Waals surface area contributed by atoms with E-state index < -0.39 is 0 Å². The van der Waals surface area contributed by atoms with Crippen LogP contribution in [0.5, 0.6) is 0 Å². The normalized spacial score (nSPS) is 17.8. The molecule has 25 heavy (non-hydrogen) atoms. The van der Waals surface area contributed by atoms with Crippen molar-refractivity contribution in [1.29, 1.82) is 0 Å². The molecule has 134 valence electrons. The minimum atomic E-state index is -0.187. The maximum absolute atomic E-state index is 13.8. The molecule has 2 aromatic rings. The summed E-state index contributed by atoms with van der Waals surface area (Å²) in [6.45, 7) is 5.94. The maximum atomic E-state index is 13.8. The van der Waals surface area contributed by atoms with Crippen molar-refractivity contribution in [3.05, 3.63) is 47.4 Å². The summed E-state index contributed by atoms with van der Waals surface area (Å²) >= 11 is 0. The fraction of sp³-hybridized carbons (Fsp3) is 0.500. The Hall–Kier alpha value is -2.28. The topological polar surface area (TPSA) is 62.5 Å². The third kappa shape index (κ3) is 4.22. The summed E-state index contributed by atoms with van der Waals surface area (Å²) in [7, 11) is 0. The molecule has 3 rings (SSSR count). The number of aryl methyl sites for hydroxylation is 1. The molecule has 7 heteroatoms. The lowest BCUT2D eigenvalue weighted by molar-refractivity contribution is -0.131. The Morgan fingerprint density at radius 1 is 1.44 bits per heavy atom. The molecule has 0 unspecified atom stereocenters. The molecule has 1 aliphatic rings. The zero-order valence-corrected chi connectivity index (χ0v) is 14.6. The first kappa shape index (κ1) is 17.5. The van der Waals surface area contributed by atoms with Gasteiger partial charge in [0.25, 0.3) is 0 Å². The van der Waals surface area contributed by atoms with Gasteiger partial charge < -0.3 is 9.42 Å². The quantitative estimate of drug-likeness (QED) is 0.804. The largest absolute Gasteiger partial charge is 0.339 e. The zero-order valence-electron chi connectivity index (χ0n) is 14.6. The Labute approximate surface area is 146 Å². The Bertz CT molecular complexity index is 733. The van der Waals surface area contributed by atoms with E-state index in [1.165, 1.54) is 6.07 Å². The highest BCUT2D eigenvalue weighted by atomic mass is 19.1. The number of aromatic nitrogens is 2. The standard InChI is InChI=1S/C18H23FN4O2/c1-3-18-20-17(21-25-18)12-23(13(2)24)15-8-9-22(11-15)10-14-6-4-5-7-16(14)19/h4-7,15H,3,8-12H2,1-2H3/t15-/m1/s1. The van der Waals surface area contributed by atoms with Crippen molar-refractivity contribution in [2.24, 2.45) is 0 Å². The number of likely N-dealkylation sites (tertiary alicyclic amines) is 1. The van der Waals surface area contributed by atoms with E-state index in [1.807, 2.05) is 13.0 Å². The minimum Gasteiger partial charge on any atom is -0.339 e. The first-order valence-corrected chi connectivity index (χ1v) is 8.61. The van der Waals surface area contributed by atoms with Gasteiger partial charge in [-0.25, -0.2) is 4.39 Å². The Morgan fingerprint density at radius 3 is 2.92 bits per heavy atom. The fourth-order valence-corrected chi connectivity index (χ4v) is 3.23. The molecule has 2 heterocycles. The average Bonchev–Trinajstić information content (AvgIpc) is 3.23. The van der Waals surface area contributed by atoms with Crippen molar-refractivity contribution in [2.45, 2.75) is 45.8 Å². The monoisotopic (exact) mass is 346 g/mol. The highest BCUT2D eigenvalue weighted by Crippen LogP contribution is 2.21. The summed E-state index contributed by atoms with van der Waals surface area (Å²) in [5, 5.41) is 3.94. The number of nitrogens with zero attached hydrogens (tertiary/aromatic N) is 4. The molecular weight excluding hydrogens is 323 g/mol. The van der Waals surface area contributed by atoms with Crippen LogP contribution in [0.3, 0.4) is 0 Å². The number of halogens is 1. The van der Waals surface area contributed by atoms with Crippen LogP contribution in [-0.2, 0) is 24.3 Å². The van der Waals surface area contributed by atoms with Crippen LogP contribution in [-0.4, -0.2) is 45.0 Å². The Morgan fingerprint density at radius 2 is 2.24 bits per heavy atom. The van der Waals surface area contributed by atoms with Crippen molar-refractivity contribution in [1.82, 2.24) is 19.9 Å². The van der Waals surface area contributed by atoms with E-state index in [9.17, 15) is 9.18 Å². The van der Waals surface area contributed by atoms with Crippen LogP contribution < -0.4 is 0 Å². The van der Waals surface area contributed by atoms with Crippen molar-refractivity contribution in [2.75, 3.05) is 13.1 Å². The van der Waals surface area contributed by atoms with Gasteiger partial charge in [0.05, 0.1) is 6.54 Å². The molecule has 6 nitrogen and oxygen atoms in total. The van der Waals surface area contributed by atoms with Crippen LogP contribution in [0.2, 0.25) is 0 Å². The molecule has 1 atom stereocenters. The van der Waals surface area contributed by atoms with Crippen molar-refractivity contribution in [3.8, 4) is 0 Å². The van der Waals surface area contributed by atoms with Gasteiger partial charge in [0.2, 0.25) is 11.8 Å². The number of benzene rings is 1. The smallest absolute Gasteiger partial charge is 0.226 e. The third-order valence-electron chi connectivity index (χ3n) is 4.57. The van der Waals surface area contributed by atoms with Crippen LogP contribution in [0.25, 0.3) is 0 Å². The summed E-state index contributed by atoms with van der Waals surface area (Å²) < 4.78 is 19.0. The predicted molar refractivity (Wildman–Crippen MR) is 90.0 cm³/mol. The minimum absolute atomic E-state index is 0.0133. The number of hydrogen-bond acceptors (Lipinski definition) is 5. The highest BCUT2D eigenvalue weighted by molar-refractivity contribution is 5.73. The van der Waals surface area contributed by atoms with Crippen LogP contribution in [0.15, 0.2) is 28.8 Å². The first-order valence-electron chi connectivity index (χ1n) is 8.61. The highest BCUT2D eigenvalue weighted by Gasteiger charge is 2.30. The lowest BCUT2D eigenvalue weighted by Gasteiger charge is -2.27. The average molecular weight is 346 g/mol. The Kier molecular flexibility index (Phi) is 5.43. The molecule has 0 aliphatic carbocycles. The second-order valence-electron chi connectivity index (χ2n) is 6.37. The molecule has 1 fully saturated rings. The fourth-order valence-electron chi connectivity index (χ4n) is 3.23. The van der Waals surface area contributed by atoms with Gasteiger partial charge in [0.1, 0.15) is 5.82 Å². The van der Waals surface area contributed by atoms with Crippen LogP contribution in [0, 0.1) is 5.82 Å². The molecule has 1 aromatic carbocycles. The number of amides is 1. The van der Waals surface area contributed by atoms with Gasteiger partial charge in [-0.05, 0) is 12.5 Å².